The Labute approximate surface area is 229 Å². The van der Waals surface area contributed by atoms with E-state index in [9.17, 15) is 40.2 Å². The van der Waals surface area contributed by atoms with Crippen LogP contribution in [0.1, 0.15) is 28.4 Å². The van der Waals surface area contributed by atoms with Crippen LogP contribution in [0, 0.1) is 0 Å². The van der Waals surface area contributed by atoms with Gasteiger partial charge >= 0.3 is 51.4 Å². The number of aliphatic hydroxyl groups excluding tert-OH is 3. The van der Waals surface area contributed by atoms with Crippen LogP contribution >= 0.6 is 0 Å². The van der Waals surface area contributed by atoms with Crippen LogP contribution in [-0.2, 0) is 9.53 Å². The van der Waals surface area contributed by atoms with Crippen molar-refractivity contribution < 1.29 is 106 Å². The fourth-order valence-electron chi connectivity index (χ4n) is 3.63. The van der Waals surface area contributed by atoms with E-state index < -0.39 is 54.3 Å². The summed E-state index contributed by atoms with van der Waals surface area (Å²) in [5.41, 5.74) is 0.521. The predicted molar refractivity (Wildman–Crippen MR) is 101 cm³/mol. The van der Waals surface area contributed by atoms with Crippen molar-refractivity contribution >= 4 is 11.8 Å². The number of aliphatic hydroxyl groups is 3. The standard InChI is InChI=1S/C21H20O11.K/c22-9-3-1-8(2-4-9)13-7-12(24)15-11(23)5-10(6-14(15)31-13)30-21-18(27)16(25)17(26)19(32-21)20(28)29;/h1-6,13,16-19,21-23,25-27H,7H2,(H,28,29);/q;+1/p-1/t13?,16-,17-,18+,19-,21+;/m0./s1. The fraction of sp³-hybridized carbons (Fsp3) is 0.333. The number of ketones is 1. The maximum atomic E-state index is 12.6. The molecular formula is C21H19KO11. The van der Waals surface area contributed by atoms with Gasteiger partial charge in [-0.25, -0.2) is 0 Å². The molecule has 6 atom stereocenters. The number of Topliss-reactive ketones (excluding diaryl/α,β-unsaturated/α-hetero) is 1. The number of aliphatic carboxylic acids is 1. The predicted octanol–water partition coefficient (Wildman–Crippen LogP) is -4.26. The summed E-state index contributed by atoms with van der Waals surface area (Å²) >= 11 is 0. The average Bonchev–Trinajstić information content (AvgIpc) is 2.73. The summed E-state index contributed by atoms with van der Waals surface area (Å²) in [5, 5.41) is 60.6. The monoisotopic (exact) mass is 486 g/mol. The molecule has 0 amide bonds. The Balaban J connectivity index is 0.00000306. The Morgan fingerprint density at radius 1 is 1.03 bits per heavy atom. The largest absolute Gasteiger partial charge is 1.00 e. The maximum absolute atomic E-state index is 12.6. The second kappa shape index (κ2) is 10.3. The van der Waals surface area contributed by atoms with Crippen LogP contribution in [0.2, 0.25) is 0 Å². The zero-order chi connectivity index (χ0) is 23.2. The number of phenolic OH excluding ortho intramolecular Hbond substituents is 2. The molecule has 11 nitrogen and oxygen atoms in total. The minimum absolute atomic E-state index is 0. The van der Waals surface area contributed by atoms with Crippen LogP contribution in [0.3, 0.4) is 0 Å². The number of carboxylic acids is 1. The quantitative estimate of drug-likeness (QED) is 0.264. The van der Waals surface area contributed by atoms with Crippen LogP contribution in [0.25, 0.3) is 0 Å². The number of carbonyl (C=O) groups excluding carboxylic acids is 2. The fourth-order valence-corrected chi connectivity index (χ4v) is 3.63. The van der Waals surface area contributed by atoms with E-state index >= 15 is 0 Å². The van der Waals surface area contributed by atoms with Gasteiger partial charge in [0.15, 0.2) is 5.78 Å². The molecule has 0 radical (unpaired) electrons. The Morgan fingerprint density at radius 3 is 2.33 bits per heavy atom. The third-order valence-electron chi connectivity index (χ3n) is 5.29. The van der Waals surface area contributed by atoms with E-state index in [1.807, 2.05) is 0 Å². The molecule has 170 valence electrons. The Morgan fingerprint density at radius 2 is 1.70 bits per heavy atom. The van der Waals surface area contributed by atoms with Crippen LogP contribution in [0.15, 0.2) is 36.4 Å². The van der Waals surface area contributed by atoms with E-state index in [2.05, 4.69) is 0 Å². The van der Waals surface area contributed by atoms with Crippen molar-refractivity contribution in [2.24, 2.45) is 0 Å². The molecule has 0 saturated carbocycles. The number of aromatic hydroxyl groups is 2. The summed E-state index contributed by atoms with van der Waals surface area (Å²) in [6, 6.07) is 8.31. The summed E-state index contributed by atoms with van der Waals surface area (Å²) in [4.78, 5) is 23.7. The first-order valence-electron chi connectivity index (χ1n) is 9.58. The van der Waals surface area contributed by atoms with Gasteiger partial charge in [-0.1, -0.05) is 12.1 Å². The van der Waals surface area contributed by atoms with Gasteiger partial charge in [-0.2, -0.15) is 0 Å². The molecule has 0 spiro atoms. The topological polar surface area (TPSA) is 186 Å². The molecule has 0 aliphatic carbocycles. The molecule has 2 heterocycles. The second-order valence-electron chi connectivity index (χ2n) is 7.47. The molecule has 2 aromatic rings. The summed E-state index contributed by atoms with van der Waals surface area (Å²) in [5.74, 6) is -2.86. The van der Waals surface area contributed by atoms with Crippen molar-refractivity contribution in [3.8, 4) is 23.0 Å². The Hall–Kier alpha value is -1.74. The van der Waals surface area contributed by atoms with Crippen molar-refractivity contribution in [3.63, 3.8) is 0 Å². The molecule has 5 N–H and O–H groups in total. The number of phenols is 2. The van der Waals surface area contributed by atoms with E-state index in [1.165, 1.54) is 18.2 Å². The second-order valence-corrected chi connectivity index (χ2v) is 7.47. The van der Waals surface area contributed by atoms with Crippen molar-refractivity contribution in [3.05, 3.63) is 47.5 Å². The van der Waals surface area contributed by atoms with Gasteiger partial charge in [0.05, 0.1) is 12.4 Å². The minimum Gasteiger partial charge on any atom is -0.547 e. The molecule has 12 heteroatoms. The van der Waals surface area contributed by atoms with Gasteiger partial charge in [-0.15, -0.1) is 0 Å². The van der Waals surface area contributed by atoms with Gasteiger partial charge in [0, 0.05) is 12.1 Å². The van der Waals surface area contributed by atoms with Crippen molar-refractivity contribution in [1.29, 1.82) is 0 Å². The van der Waals surface area contributed by atoms with E-state index in [-0.39, 0.29) is 80.6 Å². The summed E-state index contributed by atoms with van der Waals surface area (Å²) in [6.07, 6.45) is -10.2. The van der Waals surface area contributed by atoms with Gasteiger partial charge in [-0.05, 0) is 17.7 Å². The number of rotatable bonds is 4. The molecule has 0 aromatic heterocycles. The molecule has 2 aromatic carbocycles. The zero-order valence-corrected chi connectivity index (χ0v) is 20.4. The molecule has 1 unspecified atom stereocenters. The van der Waals surface area contributed by atoms with E-state index in [4.69, 9.17) is 14.2 Å². The first kappa shape index (κ1) is 25.9. The molecule has 0 bridgehead atoms. The average molecular weight is 486 g/mol. The molecule has 4 rings (SSSR count). The van der Waals surface area contributed by atoms with Crippen LogP contribution in [-0.4, -0.2) is 68.0 Å². The molecule has 1 saturated heterocycles. The maximum Gasteiger partial charge on any atom is 1.00 e. The Bertz CT molecular complexity index is 1040. The molecule has 1 fully saturated rings. The number of carboxylic acid groups (broad SMARTS) is 1. The molecular weight excluding hydrogens is 467 g/mol. The minimum atomic E-state index is -1.97. The van der Waals surface area contributed by atoms with Crippen molar-refractivity contribution in [1.82, 2.24) is 0 Å². The molecule has 33 heavy (non-hydrogen) atoms. The van der Waals surface area contributed by atoms with Crippen LogP contribution in [0.4, 0.5) is 0 Å². The SMILES string of the molecule is O=C1CC(c2ccc(O)cc2)Oc2cc(O[C@@H]3O[C@H](C(=O)[O-])[C@@H](O)[C@H](O)[C@H]3O)cc(O)c21.[K+]. The summed E-state index contributed by atoms with van der Waals surface area (Å²) < 4.78 is 16.2. The number of hydrogen-bond donors (Lipinski definition) is 5. The van der Waals surface area contributed by atoms with E-state index in [0.29, 0.717) is 5.56 Å². The number of ether oxygens (including phenoxy) is 3. The Kier molecular flexibility index (Phi) is 8.04. The number of hydrogen-bond acceptors (Lipinski definition) is 11. The van der Waals surface area contributed by atoms with Gasteiger partial charge in [0.25, 0.3) is 0 Å². The molecule has 2 aliphatic rings. The number of benzene rings is 2. The van der Waals surface area contributed by atoms with Gasteiger partial charge in [0.2, 0.25) is 6.29 Å². The third-order valence-corrected chi connectivity index (χ3v) is 5.29. The van der Waals surface area contributed by atoms with Gasteiger partial charge in [0.1, 0.15) is 59.1 Å². The van der Waals surface area contributed by atoms with E-state index in [1.54, 1.807) is 12.1 Å². The van der Waals surface area contributed by atoms with Gasteiger partial charge in [-0.3, -0.25) is 4.79 Å². The van der Waals surface area contributed by atoms with Crippen molar-refractivity contribution in [2.75, 3.05) is 0 Å². The number of fused-ring (bicyclic) bond motifs is 1. The van der Waals surface area contributed by atoms with Crippen molar-refractivity contribution in [2.45, 2.75) is 43.2 Å². The zero-order valence-electron chi connectivity index (χ0n) is 17.3. The van der Waals surface area contributed by atoms with E-state index in [0.717, 1.165) is 6.07 Å². The number of carbonyl (C=O) groups is 2. The summed E-state index contributed by atoms with van der Waals surface area (Å²) in [7, 11) is 0. The summed E-state index contributed by atoms with van der Waals surface area (Å²) in [6.45, 7) is 0. The molecule has 2 aliphatic heterocycles. The smallest absolute Gasteiger partial charge is 0.547 e. The first-order valence-corrected chi connectivity index (χ1v) is 9.58. The van der Waals surface area contributed by atoms with Crippen LogP contribution in [0.5, 0.6) is 23.0 Å². The van der Waals surface area contributed by atoms with Gasteiger partial charge < -0.3 is 49.6 Å². The van der Waals surface area contributed by atoms with Crippen LogP contribution < -0.4 is 66.0 Å². The third kappa shape index (κ3) is 5.19. The normalized spacial score (nSPS) is 28.8. The first-order chi connectivity index (χ1) is 15.2.